The number of nitrogens with two attached hydrogens (primary N) is 1. The SMILES string of the molecule is Cc1nc(N)c2c(C)cn([C@@H]3C[C@H](Oc4cc(F)c(F)c5c4CNCC5)[C@@H](O)[C@H]3O)c2n1. The summed E-state index contributed by atoms with van der Waals surface area (Å²) in [4.78, 5) is 8.70. The van der Waals surface area contributed by atoms with Gasteiger partial charge in [0.1, 0.15) is 41.4 Å². The highest BCUT2D eigenvalue weighted by Gasteiger charge is 2.45. The zero-order chi connectivity index (χ0) is 22.7. The van der Waals surface area contributed by atoms with Crippen molar-refractivity contribution in [1.82, 2.24) is 19.9 Å². The second-order valence-electron chi connectivity index (χ2n) is 8.57. The topological polar surface area (TPSA) is 118 Å². The van der Waals surface area contributed by atoms with E-state index in [4.69, 9.17) is 10.5 Å². The molecule has 0 unspecified atom stereocenters. The molecule has 5 N–H and O–H groups in total. The second kappa shape index (κ2) is 7.65. The maximum Gasteiger partial charge on any atom is 0.162 e. The minimum Gasteiger partial charge on any atom is -0.487 e. The lowest BCUT2D eigenvalue weighted by molar-refractivity contribution is -0.0167. The Bertz CT molecular complexity index is 1210. The number of aliphatic hydroxyl groups excluding tert-OH is 2. The number of rotatable bonds is 3. The fourth-order valence-corrected chi connectivity index (χ4v) is 4.93. The minimum atomic E-state index is -1.22. The highest BCUT2D eigenvalue weighted by Crippen LogP contribution is 2.39. The van der Waals surface area contributed by atoms with E-state index in [0.717, 1.165) is 11.6 Å². The third kappa shape index (κ3) is 3.21. The summed E-state index contributed by atoms with van der Waals surface area (Å²) in [6.45, 7) is 4.49. The molecular formula is C22H25F2N5O3. The van der Waals surface area contributed by atoms with Crippen molar-refractivity contribution in [2.75, 3.05) is 12.3 Å². The summed E-state index contributed by atoms with van der Waals surface area (Å²) in [5.41, 5.74) is 8.33. The Hall–Kier alpha value is -2.82. The van der Waals surface area contributed by atoms with Gasteiger partial charge < -0.3 is 30.6 Å². The number of nitrogen functional groups attached to an aromatic ring is 1. The van der Waals surface area contributed by atoms with Gasteiger partial charge >= 0.3 is 0 Å². The van der Waals surface area contributed by atoms with Gasteiger partial charge in [0, 0.05) is 36.4 Å². The summed E-state index contributed by atoms with van der Waals surface area (Å²) in [5, 5.41) is 25.4. The first-order chi connectivity index (χ1) is 15.3. The number of ether oxygens (including phenoxy) is 1. The maximum absolute atomic E-state index is 14.2. The quantitative estimate of drug-likeness (QED) is 0.484. The largest absolute Gasteiger partial charge is 0.487 e. The number of fused-ring (bicyclic) bond motifs is 2. The van der Waals surface area contributed by atoms with E-state index in [1.807, 2.05) is 13.1 Å². The fraction of sp³-hybridized carbons (Fsp3) is 0.455. The number of aromatic nitrogens is 3. The van der Waals surface area contributed by atoms with Crippen LogP contribution in [0.4, 0.5) is 14.6 Å². The first-order valence-electron chi connectivity index (χ1n) is 10.6. The van der Waals surface area contributed by atoms with E-state index < -0.39 is 36.0 Å². The van der Waals surface area contributed by atoms with Crippen LogP contribution in [-0.4, -0.2) is 49.6 Å². The van der Waals surface area contributed by atoms with E-state index in [1.165, 1.54) is 0 Å². The fourth-order valence-electron chi connectivity index (χ4n) is 4.93. The molecule has 4 atom stereocenters. The third-order valence-electron chi connectivity index (χ3n) is 6.48. The molecule has 8 nitrogen and oxygen atoms in total. The van der Waals surface area contributed by atoms with E-state index >= 15 is 0 Å². The van der Waals surface area contributed by atoms with Crippen molar-refractivity contribution < 1.29 is 23.7 Å². The van der Waals surface area contributed by atoms with Crippen LogP contribution in [0.3, 0.4) is 0 Å². The summed E-state index contributed by atoms with van der Waals surface area (Å²) < 4.78 is 36.2. The molecule has 1 aromatic carbocycles. The van der Waals surface area contributed by atoms with Crippen molar-refractivity contribution in [2.24, 2.45) is 0 Å². The monoisotopic (exact) mass is 445 g/mol. The molecule has 0 spiro atoms. The number of halogens is 2. The Labute approximate surface area is 183 Å². The highest BCUT2D eigenvalue weighted by molar-refractivity contribution is 5.90. The normalized spacial score (nSPS) is 25.3. The zero-order valence-electron chi connectivity index (χ0n) is 17.8. The van der Waals surface area contributed by atoms with Gasteiger partial charge in [0.05, 0.1) is 11.4 Å². The number of aryl methyl sites for hydroxylation is 2. The number of anilines is 1. The van der Waals surface area contributed by atoms with Gasteiger partial charge in [-0.3, -0.25) is 0 Å². The first-order valence-corrected chi connectivity index (χ1v) is 10.6. The smallest absolute Gasteiger partial charge is 0.162 e. The van der Waals surface area contributed by atoms with Gasteiger partial charge in [0.2, 0.25) is 0 Å². The van der Waals surface area contributed by atoms with Crippen molar-refractivity contribution in [3.05, 3.63) is 46.4 Å². The molecule has 0 amide bonds. The molecule has 0 radical (unpaired) electrons. The summed E-state index contributed by atoms with van der Waals surface area (Å²) >= 11 is 0. The molecule has 1 aliphatic carbocycles. The van der Waals surface area contributed by atoms with Gasteiger partial charge in [-0.15, -0.1) is 0 Å². The van der Waals surface area contributed by atoms with E-state index in [1.54, 1.807) is 11.5 Å². The summed E-state index contributed by atoms with van der Waals surface area (Å²) in [6.07, 6.45) is -0.770. The molecule has 170 valence electrons. The number of benzene rings is 1. The van der Waals surface area contributed by atoms with Crippen molar-refractivity contribution in [2.45, 2.75) is 57.6 Å². The van der Waals surface area contributed by atoms with Crippen LogP contribution in [0.5, 0.6) is 5.75 Å². The number of nitrogens with zero attached hydrogens (tertiary/aromatic N) is 3. The molecule has 1 saturated carbocycles. The van der Waals surface area contributed by atoms with Crippen LogP contribution >= 0.6 is 0 Å². The van der Waals surface area contributed by atoms with Gasteiger partial charge in [-0.2, -0.15) is 0 Å². The Morgan fingerprint density at radius 1 is 1.19 bits per heavy atom. The Morgan fingerprint density at radius 2 is 1.97 bits per heavy atom. The molecule has 2 aliphatic rings. The number of hydrogen-bond donors (Lipinski definition) is 4. The van der Waals surface area contributed by atoms with Crippen LogP contribution in [0.2, 0.25) is 0 Å². The highest BCUT2D eigenvalue weighted by atomic mass is 19.2. The van der Waals surface area contributed by atoms with Crippen LogP contribution in [0, 0.1) is 25.5 Å². The number of hydrogen-bond acceptors (Lipinski definition) is 7. The lowest BCUT2D eigenvalue weighted by Gasteiger charge is -2.25. The molecule has 10 heteroatoms. The Morgan fingerprint density at radius 3 is 2.75 bits per heavy atom. The Balaban J connectivity index is 1.49. The van der Waals surface area contributed by atoms with Crippen LogP contribution in [0.1, 0.15) is 35.0 Å². The predicted molar refractivity (Wildman–Crippen MR) is 113 cm³/mol. The van der Waals surface area contributed by atoms with Gasteiger partial charge in [-0.1, -0.05) is 0 Å². The van der Waals surface area contributed by atoms with E-state index in [0.29, 0.717) is 47.7 Å². The van der Waals surface area contributed by atoms with Crippen LogP contribution in [0.25, 0.3) is 11.0 Å². The van der Waals surface area contributed by atoms with Crippen molar-refractivity contribution >= 4 is 16.9 Å². The first kappa shape index (κ1) is 21.0. The molecule has 3 heterocycles. The molecule has 32 heavy (non-hydrogen) atoms. The molecular weight excluding hydrogens is 420 g/mol. The predicted octanol–water partition coefficient (Wildman–Crippen LogP) is 1.67. The molecule has 2 aromatic heterocycles. The van der Waals surface area contributed by atoms with Gasteiger partial charge in [0.25, 0.3) is 0 Å². The van der Waals surface area contributed by atoms with Crippen LogP contribution < -0.4 is 15.8 Å². The molecule has 1 aliphatic heterocycles. The van der Waals surface area contributed by atoms with E-state index in [9.17, 15) is 19.0 Å². The number of nitrogens with one attached hydrogen (secondary N) is 1. The Kier molecular flexibility index (Phi) is 5.03. The lowest BCUT2D eigenvalue weighted by atomic mass is 9.99. The molecule has 3 aromatic rings. The van der Waals surface area contributed by atoms with Crippen molar-refractivity contribution in [3.63, 3.8) is 0 Å². The van der Waals surface area contributed by atoms with E-state index in [2.05, 4.69) is 15.3 Å². The molecule has 0 bridgehead atoms. The lowest BCUT2D eigenvalue weighted by Crippen LogP contribution is -2.35. The van der Waals surface area contributed by atoms with E-state index in [-0.39, 0.29) is 17.7 Å². The van der Waals surface area contributed by atoms with Crippen LogP contribution in [-0.2, 0) is 13.0 Å². The third-order valence-corrected chi connectivity index (χ3v) is 6.48. The van der Waals surface area contributed by atoms with Crippen molar-refractivity contribution in [1.29, 1.82) is 0 Å². The number of aliphatic hydroxyl groups is 2. The van der Waals surface area contributed by atoms with Crippen molar-refractivity contribution in [3.8, 4) is 5.75 Å². The van der Waals surface area contributed by atoms with Crippen LogP contribution in [0.15, 0.2) is 12.3 Å². The average molecular weight is 445 g/mol. The average Bonchev–Trinajstić information content (AvgIpc) is 3.23. The zero-order valence-corrected chi connectivity index (χ0v) is 17.8. The maximum atomic E-state index is 14.2. The van der Waals surface area contributed by atoms with Gasteiger partial charge in [-0.05, 0) is 32.4 Å². The molecule has 0 saturated heterocycles. The van der Waals surface area contributed by atoms with Gasteiger partial charge in [-0.25, -0.2) is 18.7 Å². The van der Waals surface area contributed by atoms with Gasteiger partial charge in [0.15, 0.2) is 11.6 Å². The minimum absolute atomic E-state index is 0.180. The molecule has 1 fully saturated rings. The molecule has 5 rings (SSSR count). The summed E-state index contributed by atoms with van der Waals surface area (Å²) in [7, 11) is 0. The summed E-state index contributed by atoms with van der Waals surface area (Å²) in [5.74, 6) is -0.818. The standard InChI is InChI=1S/C22H25F2N5O3/c1-9-8-29(22-17(9)21(25)27-10(2)28-22)14-6-16(20(31)19(14)30)32-15-5-13(23)18(24)11-3-4-26-7-12(11)15/h5,8,14,16,19-20,26,30-31H,3-4,6-7H2,1-2H3,(H2,25,27,28)/t14-,16+,19+,20-/m1/s1. The summed E-state index contributed by atoms with van der Waals surface area (Å²) in [6, 6.07) is 0.472. The second-order valence-corrected chi connectivity index (χ2v) is 8.57.